The van der Waals surface area contributed by atoms with Crippen LogP contribution in [0.2, 0.25) is 0 Å². The summed E-state index contributed by atoms with van der Waals surface area (Å²) in [6.07, 6.45) is 1.08. The molecule has 3 N–H and O–H groups in total. The normalized spacial score (nSPS) is 16.1. The third kappa shape index (κ3) is 2.39. The molecule has 0 saturated carbocycles. The van der Waals surface area contributed by atoms with Gasteiger partial charge in [0.2, 0.25) is 0 Å². The number of hydrogen-bond acceptors (Lipinski definition) is 2. The van der Waals surface area contributed by atoms with E-state index in [1.165, 1.54) is 17.2 Å². The first kappa shape index (κ1) is 13.1. The number of nitrogens with two attached hydrogens (primary N) is 1. The van der Waals surface area contributed by atoms with E-state index in [-0.39, 0.29) is 10.8 Å². The molecule has 1 aliphatic rings. The minimum Gasteiger partial charge on any atom is -0.389 e. The van der Waals surface area contributed by atoms with E-state index in [1.54, 1.807) is 6.07 Å². The van der Waals surface area contributed by atoms with E-state index in [4.69, 9.17) is 18.0 Å². The summed E-state index contributed by atoms with van der Waals surface area (Å²) in [4.78, 5) is 0.0852. The first-order valence-electron chi connectivity index (χ1n) is 6.56. The molecule has 3 rings (SSSR count). The van der Waals surface area contributed by atoms with E-state index in [0.717, 1.165) is 18.7 Å². The Balaban J connectivity index is 1.66. The number of halogens is 1. The highest BCUT2D eigenvalue weighted by atomic mass is 32.1. The average molecular weight is 286 g/mol. The summed E-state index contributed by atoms with van der Waals surface area (Å²) >= 11 is 4.79. The fourth-order valence-electron chi connectivity index (χ4n) is 2.61. The van der Waals surface area contributed by atoms with Crippen LogP contribution in [0.1, 0.15) is 22.6 Å². The summed E-state index contributed by atoms with van der Waals surface area (Å²) in [5.41, 5.74) is 9.29. The molecule has 2 aromatic rings. The molecule has 0 aliphatic heterocycles. The largest absolute Gasteiger partial charge is 0.389 e. The molecule has 1 aliphatic carbocycles. The maximum absolute atomic E-state index is 13.8. The molecular weight excluding hydrogens is 271 g/mol. The fourth-order valence-corrected chi connectivity index (χ4v) is 2.78. The molecule has 1 atom stereocenters. The molecule has 0 heterocycles. The molecule has 0 saturated heterocycles. The lowest BCUT2D eigenvalue weighted by Crippen LogP contribution is -2.24. The van der Waals surface area contributed by atoms with Gasteiger partial charge in [0.05, 0.1) is 0 Å². The summed E-state index contributed by atoms with van der Waals surface area (Å²) in [5.74, 6) is 0.126. The molecule has 0 aromatic heterocycles. The Hall–Kier alpha value is -1.94. The van der Waals surface area contributed by atoms with Crippen molar-refractivity contribution in [1.29, 1.82) is 0 Å². The van der Waals surface area contributed by atoms with Gasteiger partial charge in [-0.1, -0.05) is 36.5 Å². The monoisotopic (exact) mass is 286 g/mol. The maximum atomic E-state index is 13.8. The molecule has 0 spiro atoms. The molecule has 102 valence electrons. The van der Waals surface area contributed by atoms with E-state index in [0.29, 0.717) is 11.5 Å². The summed E-state index contributed by atoms with van der Waals surface area (Å²) in [6.45, 7) is 0.808. The van der Waals surface area contributed by atoms with Crippen LogP contribution in [0.25, 0.3) is 0 Å². The Kier molecular flexibility index (Phi) is 3.40. The van der Waals surface area contributed by atoms with Crippen molar-refractivity contribution in [2.75, 3.05) is 11.9 Å². The second-order valence-corrected chi connectivity index (χ2v) is 5.48. The molecule has 2 nitrogen and oxygen atoms in total. The van der Waals surface area contributed by atoms with Crippen LogP contribution in [0.5, 0.6) is 0 Å². The minimum atomic E-state index is -0.378. The highest BCUT2D eigenvalue weighted by molar-refractivity contribution is 7.80. The van der Waals surface area contributed by atoms with Crippen molar-refractivity contribution in [3.63, 3.8) is 0 Å². The van der Waals surface area contributed by atoms with Gasteiger partial charge in [0.15, 0.2) is 0 Å². The van der Waals surface area contributed by atoms with Crippen molar-refractivity contribution in [3.05, 3.63) is 65.0 Å². The van der Waals surface area contributed by atoms with Crippen LogP contribution in [0.3, 0.4) is 0 Å². The van der Waals surface area contributed by atoms with Crippen molar-refractivity contribution in [2.45, 2.75) is 12.3 Å². The van der Waals surface area contributed by atoms with Gasteiger partial charge in [-0.2, -0.15) is 0 Å². The van der Waals surface area contributed by atoms with Crippen LogP contribution in [0, 0.1) is 5.82 Å². The van der Waals surface area contributed by atoms with Crippen LogP contribution < -0.4 is 11.1 Å². The Morgan fingerprint density at radius 3 is 2.80 bits per heavy atom. The number of anilines is 1. The third-order valence-electron chi connectivity index (χ3n) is 3.75. The van der Waals surface area contributed by atoms with Gasteiger partial charge >= 0.3 is 0 Å². The Morgan fingerprint density at radius 2 is 2.10 bits per heavy atom. The van der Waals surface area contributed by atoms with Gasteiger partial charge in [0.1, 0.15) is 10.8 Å². The molecule has 0 fully saturated rings. The van der Waals surface area contributed by atoms with E-state index < -0.39 is 0 Å². The number of rotatable bonds is 4. The lowest BCUT2D eigenvalue weighted by Gasteiger charge is -2.30. The zero-order chi connectivity index (χ0) is 14.1. The summed E-state index contributed by atoms with van der Waals surface area (Å²) < 4.78 is 13.8. The second kappa shape index (κ2) is 5.21. The number of hydrogen-bond donors (Lipinski definition) is 2. The topological polar surface area (TPSA) is 38.0 Å². The zero-order valence-electron chi connectivity index (χ0n) is 10.9. The van der Waals surface area contributed by atoms with Crippen molar-refractivity contribution < 1.29 is 4.39 Å². The Morgan fingerprint density at radius 1 is 1.30 bits per heavy atom. The number of fused-ring (bicyclic) bond motifs is 1. The minimum absolute atomic E-state index is 0.0852. The predicted molar refractivity (Wildman–Crippen MR) is 83.7 cm³/mol. The van der Waals surface area contributed by atoms with Gasteiger partial charge in [-0.15, -0.1) is 0 Å². The number of thiocarbonyl (C=S) groups is 1. The van der Waals surface area contributed by atoms with E-state index in [1.807, 2.05) is 6.07 Å². The molecule has 0 amide bonds. The molecule has 0 radical (unpaired) electrons. The van der Waals surface area contributed by atoms with Crippen LogP contribution in [0.15, 0.2) is 42.5 Å². The third-order valence-corrected chi connectivity index (χ3v) is 3.97. The van der Waals surface area contributed by atoms with Gasteiger partial charge < -0.3 is 11.1 Å². The van der Waals surface area contributed by atoms with Gasteiger partial charge in [0.25, 0.3) is 0 Å². The van der Waals surface area contributed by atoms with Gasteiger partial charge in [-0.3, -0.25) is 0 Å². The molecular formula is C16H15FN2S. The fraction of sp³-hybridized carbons (Fsp3) is 0.188. The number of nitrogens with one attached hydrogen (secondary N) is 1. The molecule has 2 aromatic carbocycles. The Bertz CT molecular complexity index is 669. The second-order valence-electron chi connectivity index (χ2n) is 5.04. The lowest BCUT2D eigenvalue weighted by molar-refractivity contribution is 0.622. The van der Waals surface area contributed by atoms with Crippen molar-refractivity contribution >= 4 is 22.9 Å². The smallest absolute Gasteiger partial charge is 0.135 e. The van der Waals surface area contributed by atoms with Gasteiger partial charge in [0, 0.05) is 23.7 Å². The molecule has 4 heteroatoms. The van der Waals surface area contributed by atoms with E-state index in [2.05, 4.69) is 29.6 Å². The van der Waals surface area contributed by atoms with E-state index >= 15 is 0 Å². The lowest BCUT2D eigenvalue weighted by atomic mass is 9.77. The van der Waals surface area contributed by atoms with Crippen LogP contribution in [-0.2, 0) is 6.42 Å². The standard InChI is InChI=1S/C16H15FN2S/c17-15-8-12(5-6-14(15)16(18)20)19-9-11-7-10-3-1-2-4-13(10)11/h1-6,8,11,19H,7,9H2,(H2,18,20). The summed E-state index contributed by atoms with van der Waals surface area (Å²) in [6, 6.07) is 13.3. The predicted octanol–water partition coefficient (Wildman–Crippen LogP) is 3.21. The zero-order valence-corrected chi connectivity index (χ0v) is 11.7. The Labute approximate surface area is 122 Å². The van der Waals surface area contributed by atoms with Crippen molar-refractivity contribution in [2.24, 2.45) is 5.73 Å². The van der Waals surface area contributed by atoms with Gasteiger partial charge in [-0.25, -0.2) is 4.39 Å². The van der Waals surface area contributed by atoms with E-state index in [9.17, 15) is 4.39 Å². The molecule has 20 heavy (non-hydrogen) atoms. The van der Waals surface area contributed by atoms with Crippen molar-refractivity contribution in [3.8, 4) is 0 Å². The van der Waals surface area contributed by atoms with Crippen LogP contribution >= 0.6 is 12.2 Å². The first-order chi connectivity index (χ1) is 9.65. The quantitative estimate of drug-likeness (QED) is 0.848. The highest BCUT2D eigenvalue weighted by Crippen LogP contribution is 2.34. The van der Waals surface area contributed by atoms with Gasteiger partial charge in [-0.05, 0) is 35.7 Å². The average Bonchev–Trinajstić information content (AvgIpc) is 2.39. The highest BCUT2D eigenvalue weighted by Gasteiger charge is 2.24. The SMILES string of the molecule is NC(=S)c1ccc(NCC2Cc3ccccc32)cc1F. The molecule has 0 bridgehead atoms. The van der Waals surface area contributed by atoms with Crippen LogP contribution in [-0.4, -0.2) is 11.5 Å². The summed E-state index contributed by atoms with van der Waals surface area (Å²) in [7, 11) is 0. The molecule has 1 unspecified atom stereocenters. The van der Waals surface area contributed by atoms with Crippen molar-refractivity contribution in [1.82, 2.24) is 0 Å². The van der Waals surface area contributed by atoms with Crippen LogP contribution in [0.4, 0.5) is 10.1 Å². The maximum Gasteiger partial charge on any atom is 0.135 e. The summed E-state index contributed by atoms with van der Waals surface area (Å²) in [5, 5.41) is 3.27. The first-order valence-corrected chi connectivity index (χ1v) is 6.97. The number of benzene rings is 2.